The molecule has 4 nitrogen and oxygen atoms in total. The van der Waals surface area contributed by atoms with E-state index in [0.717, 1.165) is 19.3 Å². The summed E-state index contributed by atoms with van der Waals surface area (Å²) in [5.41, 5.74) is -0.679. The van der Waals surface area contributed by atoms with Crippen molar-refractivity contribution in [3.63, 3.8) is 0 Å². The minimum Gasteiger partial charge on any atom is -0.487 e. The Bertz CT molecular complexity index is 832. The van der Waals surface area contributed by atoms with Gasteiger partial charge in [0.2, 0.25) is 11.6 Å². The van der Waals surface area contributed by atoms with Gasteiger partial charge in [0.15, 0.2) is 23.1 Å². The van der Waals surface area contributed by atoms with Gasteiger partial charge in [0.25, 0.3) is 0 Å². The number of nitrogens with zero attached hydrogens (tertiary/aromatic N) is 3. The lowest BCUT2D eigenvalue weighted by Gasteiger charge is -2.10. The highest BCUT2D eigenvalue weighted by atomic mass is 19.2. The number of unbranched alkanes of at least 4 members (excludes halogenated alkanes) is 3. The second-order valence-corrected chi connectivity index (χ2v) is 5.70. The van der Waals surface area contributed by atoms with Gasteiger partial charge < -0.3 is 4.74 Å². The summed E-state index contributed by atoms with van der Waals surface area (Å²) < 4.78 is 61.2. The van der Waals surface area contributed by atoms with E-state index < -0.39 is 34.7 Å². The van der Waals surface area contributed by atoms with Gasteiger partial charge in [0, 0.05) is 0 Å². The number of nitriles is 1. The topological polar surface area (TPSA) is 57.7 Å². The Morgan fingerprint density at radius 1 is 0.889 bits per heavy atom. The van der Waals surface area contributed by atoms with E-state index in [1.54, 1.807) is 0 Å². The fourth-order valence-corrected chi connectivity index (χ4v) is 2.23. The maximum Gasteiger partial charge on any atom is 0.206 e. The predicted molar refractivity (Wildman–Crippen MR) is 91.2 cm³/mol. The first-order valence-corrected chi connectivity index (χ1v) is 8.40. The van der Waals surface area contributed by atoms with Gasteiger partial charge >= 0.3 is 0 Å². The van der Waals surface area contributed by atoms with E-state index in [2.05, 4.69) is 10.2 Å². The third-order valence-corrected chi connectivity index (χ3v) is 3.71. The summed E-state index contributed by atoms with van der Waals surface area (Å²) in [4.78, 5) is 0. The summed E-state index contributed by atoms with van der Waals surface area (Å²) in [6.07, 6.45) is 3.17. The van der Waals surface area contributed by atoms with Gasteiger partial charge in [-0.25, -0.2) is 8.78 Å². The molecule has 0 aromatic heterocycles. The maximum absolute atomic E-state index is 14.1. The van der Waals surface area contributed by atoms with Crippen molar-refractivity contribution in [2.45, 2.75) is 32.6 Å². The number of benzene rings is 2. The molecule has 0 radical (unpaired) electrons. The molecule has 2 aromatic carbocycles. The van der Waals surface area contributed by atoms with Gasteiger partial charge in [-0.1, -0.05) is 26.2 Å². The third kappa shape index (κ3) is 5.03. The summed E-state index contributed by atoms with van der Waals surface area (Å²) in [6.45, 7) is 1.94. The van der Waals surface area contributed by atoms with Crippen LogP contribution in [0.25, 0.3) is 0 Å². The lowest BCUT2D eigenvalue weighted by atomic mass is 10.2. The molecule has 0 heterocycles. The van der Waals surface area contributed by atoms with Crippen LogP contribution in [0.5, 0.6) is 5.75 Å². The van der Waals surface area contributed by atoms with E-state index in [1.165, 1.54) is 24.3 Å². The smallest absolute Gasteiger partial charge is 0.206 e. The second kappa shape index (κ2) is 9.67. The molecule has 0 N–H and O–H groups in total. The van der Waals surface area contributed by atoms with Crippen LogP contribution in [0.15, 0.2) is 34.5 Å². The molecule has 0 aliphatic rings. The first-order chi connectivity index (χ1) is 13.0. The molecule has 0 bridgehead atoms. The molecule has 0 atom stereocenters. The molecular weight excluding hydrogens is 362 g/mol. The van der Waals surface area contributed by atoms with Crippen LogP contribution in [-0.4, -0.2) is 6.61 Å². The summed E-state index contributed by atoms with van der Waals surface area (Å²) in [7, 11) is 0. The van der Waals surface area contributed by atoms with Gasteiger partial charge in [0.1, 0.15) is 0 Å². The Kier molecular flexibility index (Phi) is 7.29. The van der Waals surface area contributed by atoms with Crippen LogP contribution < -0.4 is 4.74 Å². The number of ether oxygens (including phenoxy) is 1. The van der Waals surface area contributed by atoms with Crippen LogP contribution in [0.3, 0.4) is 0 Å². The minimum absolute atomic E-state index is 0.0567. The van der Waals surface area contributed by atoms with Crippen molar-refractivity contribution >= 4 is 11.4 Å². The van der Waals surface area contributed by atoms with Gasteiger partial charge in [-0.05, 0) is 30.7 Å². The number of halogens is 4. The van der Waals surface area contributed by atoms with Crippen molar-refractivity contribution in [3.05, 3.63) is 53.1 Å². The normalized spacial score (nSPS) is 11.0. The van der Waals surface area contributed by atoms with E-state index in [9.17, 15) is 17.6 Å². The van der Waals surface area contributed by atoms with Gasteiger partial charge in [0.05, 0.1) is 23.9 Å². The van der Waals surface area contributed by atoms with Crippen LogP contribution in [0.1, 0.15) is 38.2 Å². The monoisotopic (exact) mass is 379 g/mol. The molecule has 0 aliphatic heterocycles. The molecule has 2 rings (SSSR count). The average molecular weight is 379 g/mol. The molecule has 27 heavy (non-hydrogen) atoms. The molecule has 0 spiro atoms. The van der Waals surface area contributed by atoms with Crippen molar-refractivity contribution in [2.75, 3.05) is 6.61 Å². The Morgan fingerprint density at radius 2 is 1.52 bits per heavy atom. The highest BCUT2D eigenvalue weighted by Gasteiger charge is 2.27. The van der Waals surface area contributed by atoms with E-state index in [0.29, 0.717) is 12.0 Å². The highest BCUT2D eigenvalue weighted by Crippen LogP contribution is 2.35. The summed E-state index contributed by atoms with van der Waals surface area (Å²) in [6, 6.07) is 7.47. The summed E-state index contributed by atoms with van der Waals surface area (Å²) in [5.74, 6) is -7.78. The Morgan fingerprint density at radius 3 is 2.07 bits per heavy atom. The zero-order valence-electron chi connectivity index (χ0n) is 14.6. The fourth-order valence-electron chi connectivity index (χ4n) is 2.23. The molecule has 8 heteroatoms. The van der Waals surface area contributed by atoms with Crippen LogP contribution in [0, 0.1) is 34.6 Å². The summed E-state index contributed by atoms with van der Waals surface area (Å²) >= 11 is 0. The van der Waals surface area contributed by atoms with Crippen LogP contribution >= 0.6 is 0 Å². The van der Waals surface area contributed by atoms with Gasteiger partial charge in [-0.2, -0.15) is 19.2 Å². The van der Waals surface area contributed by atoms with E-state index >= 15 is 0 Å². The van der Waals surface area contributed by atoms with E-state index in [4.69, 9.17) is 10.00 Å². The Hall–Kier alpha value is -2.95. The first-order valence-electron chi connectivity index (χ1n) is 8.40. The number of hydrogen-bond donors (Lipinski definition) is 0. The van der Waals surface area contributed by atoms with Crippen LogP contribution in [-0.2, 0) is 0 Å². The number of hydrogen-bond acceptors (Lipinski definition) is 4. The molecule has 142 valence electrons. The molecule has 0 aliphatic carbocycles. The molecule has 0 amide bonds. The summed E-state index contributed by atoms with van der Waals surface area (Å²) in [5, 5.41) is 15.5. The van der Waals surface area contributed by atoms with Gasteiger partial charge in [-0.15, -0.1) is 5.11 Å². The van der Waals surface area contributed by atoms with Crippen molar-refractivity contribution < 1.29 is 22.3 Å². The molecule has 0 saturated heterocycles. The third-order valence-electron chi connectivity index (χ3n) is 3.71. The fraction of sp³-hybridized carbons (Fsp3) is 0.316. The molecule has 0 unspecified atom stereocenters. The molecule has 0 fully saturated rings. The molecule has 0 saturated carbocycles. The zero-order valence-corrected chi connectivity index (χ0v) is 14.6. The van der Waals surface area contributed by atoms with Crippen LogP contribution in [0.2, 0.25) is 0 Å². The van der Waals surface area contributed by atoms with Crippen molar-refractivity contribution in [3.8, 4) is 11.8 Å². The lowest BCUT2D eigenvalue weighted by molar-refractivity contribution is 0.264. The molecular formula is C19H17F4N3O. The van der Waals surface area contributed by atoms with Crippen molar-refractivity contribution in [2.24, 2.45) is 10.2 Å². The largest absolute Gasteiger partial charge is 0.487 e. The standard InChI is InChI=1S/C19H17F4N3O/c1-2-3-4-5-10-27-19-16(22)14(20)18(15(21)17(19)23)26-25-13-8-6-12(11-24)7-9-13/h6-9H,2-5,10H2,1H3. The Labute approximate surface area is 154 Å². The first kappa shape index (κ1) is 20.4. The zero-order chi connectivity index (χ0) is 19.8. The number of azo groups is 1. The quantitative estimate of drug-likeness (QED) is 0.228. The van der Waals surface area contributed by atoms with Crippen molar-refractivity contribution in [1.29, 1.82) is 5.26 Å². The second-order valence-electron chi connectivity index (χ2n) is 5.70. The number of rotatable bonds is 8. The highest BCUT2D eigenvalue weighted by molar-refractivity contribution is 5.48. The van der Waals surface area contributed by atoms with E-state index in [-0.39, 0.29) is 12.3 Å². The molecule has 2 aromatic rings. The van der Waals surface area contributed by atoms with Crippen LogP contribution in [0.4, 0.5) is 28.9 Å². The maximum atomic E-state index is 14.1. The SMILES string of the molecule is CCCCCCOc1c(F)c(F)c(N=Nc2ccc(C#N)cc2)c(F)c1F. The average Bonchev–Trinajstić information content (AvgIpc) is 2.69. The Balaban J connectivity index is 2.22. The predicted octanol–water partition coefficient (Wildman–Crippen LogP) is 6.49. The van der Waals surface area contributed by atoms with E-state index in [1.807, 2.05) is 13.0 Å². The lowest BCUT2D eigenvalue weighted by Crippen LogP contribution is -2.05. The van der Waals surface area contributed by atoms with Crippen molar-refractivity contribution in [1.82, 2.24) is 0 Å². The minimum atomic E-state index is -1.69. The van der Waals surface area contributed by atoms with Gasteiger partial charge in [-0.3, -0.25) is 0 Å².